The molecule has 2 amide bonds. The Morgan fingerprint density at radius 1 is 1.19 bits per heavy atom. The minimum absolute atomic E-state index is 0.0593. The molecule has 1 aromatic carbocycles. The van der Waals surface area contributed by atoms with Crippen molar-refractivity contribution in [3.8, 4) is 0 Å². The van der Waals surface area contributed by atoms with Gasteiger partial charge in [0.25, 0.3) is 0 Å². The topological polar surface area (TPSA) is 127 Å². The highest BCUT2D eigenvalue weighted by atomic mass is 16.6. The van der Waals surface area contributed by atoms with Crippen molar-refractivity contribution in [3.63, 3.8) is 0 Å². The number of para-hydroxylation sites is 1. The molecule has 1 spiro atoms. The summed E-state index contributed by atoms with van der Waals surface area (Å²) in [6.45, 7) is 10.5. The summed E-state index contributed by atoms with van der Waals surface area (Å²) in [5, 5.41) is 17.8. The molecular weight excluding hydrogens is 550 g/mol. The number of aliphatic hydroxyl groups excluding tert-OH is 1. The van der Waals surface area contributed by atoms with Gasteiger partial charge in [-0.1, -0.05) is 36.4 Å². The van der Waals surface area contributed by atoms with Crippen molar-refractivity contribution in [3.05, 3.63) is 49.6 Å². The zero-order chi connectivity index (χ0) is 30.6. The Labute approximate surface area is 252 Å². The molecule has 11 nitrogen and oxygen atoms in total. The second-order valence-corrected chi connectivity index (χ2v) is 11.8. The molecule has 2 unspecified atom stereocenters. The lowest BCUT2D eigenvalue weighted by atomic mass is 9.65. The Morgan fingerprint density at radius 3 is 2.74 bits per heavy atom. The van der Waals surface area contributed by atoms with Crippen LogP contribution in [0.3, 0.4) is 0 Å². The number of unbranched alkanes of at least 4 members (excludes halogenated alkanes) is 3. The number of aromatic nitrogens is 3. The van der Waals surface area contributed by atoms with Gasteiger partial charge in [0.1, 0.15) is 29.7 Å². The Hall–Kier alpha value is -3.57. The molecule has 3 saturated heterocycles. The summed E-state index contributed by atoms with van der Waals surface area (Å²) in [5.41, 5.74) is -0.504. The molecule has 1 N–H and O–H groups in total. The number of ether oxygens (including phenoxy) is 2. The van der Waals surface area contributed by atoms with E-state index in [-0.39, 0.29) is 38.2 Å². The van der Waals surface area contributed by atoms with E-state index in [1.165, 1.54) is 0 Å². The molecule has 4 heterocycles. The molecular formula is C32H43N5O6. The third-order valence-electron chi connectivity index (χ3n) is 9.41. The van der Waals surface area contributed by atoms with Crippen LogP contribution in [0.25, 0.3) is 11.0 Å². The number of hydrogen-bond acceptors (Lipinski definition) is 8. The van der Waals surface area contributed by atoms with Gasteiger partial charge in [0.15, 0.2) is 0 Å². The summed E-state index contributed by atoms with van der Waals surface area (Å²) >= 11 is 0. The van der Waals surface area contributed by atoms with Gasteiger partial charge < -0.3 is 24.4 Å². The highest BCUT2D eigenvalue weighted by Gasteiger charge is 2.79. The van der Waals surface area contributed by atoms with Crippen molar-refractivity contribution in [2.45, 2.75) is 82.2 Å². The van der Waals surface area contributed by atoms with Gasteiger partial charge in [0.2, 0.25) is 11.8 Å². The number of aliphatic hydroxyl groups is 1. The van der Waals surface area contributed by atoms with E-state index < -0.39 is 35.0 Å². The van der Waals surface area contributed by atoms with E-state index in [1.54, 1.807) is 26.6 Å². The van der Waals surface area contributed by atoms with Gasteiger partial charge in [0, 0.05) is 19.7 Å². The van der Waals surface area contributed by atoms with Crippen LogP contribution in [-0.4, -0.2) is 91.2 Å². The lowest BCUT2D eigenvalue weighted by Crippen LogP contribution is -2.56. The molecule has 11 heteroatoms. The van der Waals surface area contributed by atoms with Crippen molar-refractivity contribution < 1.29 is 29.0 Å². The van der Waals surface area contributed by atoms with E-state index in [1.807, 2.05) is 31.2 Å². The Balaban J connectivity index is 1.49. The average molecular weight is 594 g/mol. The van der Waals surface area contributed by atoms with Crippen molar-refractivity contribution in [1.29, 1.82) is 0 Å². The van der Waals surface area contributed by atoms with E-state index in [9.17, 15) is 19.5 Å². The number of benzene rings is 1. The molecule has 5 atom stereocenters. The van der Waals surface area contributed by atoms with Crippen LogP contribution in [0.2, 0.25) is 0 Å². The van der Waals surface area contributed by atoms with Gasteiger partial charge in [0.05, 0.1) is 23.6 Å². The molecule has 3 aliphatic rings. The second-order valence-electron chi connectivity index (χ2n) is 11.8. The van der Waals surface area contributed by atoms with Gasteiger partial charge in [-0.3, -0.25) is 14.4 Å². The molecule has 0 aliphatic carbocycles. The van der Waals surface area contributed by atoms with Gasteiger partial charge in [-0.25, -0.2) is 4.68 Å². The molecule has 232 valence electrons. The second kappa shape index (κ2) is 13.0. The standard InChI is InChI=1S/C32H43N5O6/c1-4-7-13-21-42-30(41)26-25-28(39)36(19-11-8-12-20-38)27(32(25)17-16-31(26,6-3)43-32)29(40)35(18-5-2)22-37-24-15-10-9-14-23(24)33-34-37/h4-5,9-10,14-15,25-27,38H,1-2,6-8,11-13,16-22H2,3H3/t25-,26+,27?,31-,32?/m0/s1. The smallest absolute Gasteiger partial charge is 0.312 e. The quantitative estimate of drug-likeness (QED) is 0.179. The zero-order valence-electron chi connectivity index (χ0n) is 25.0. The Bertz CT molecular complexity index is 1360. The minimum Gasteiger partial charge on any atom is -0.465 e. The number of carbonyl (C=O) groups is 3. The van der Waals surface area contributed by atoms with Crippen LogP contribution in [0.1, 0.15) is 58.3 Å². The largest absolute Gasteiger partial charge is 0.465 e. The number of hydrogen-bond donors (Lipinski definition) is 1. The van der Waals surface area contributed by atoms with E-state index in [0.717, 1.165) is 11.9 Å². The number of amides is 2. The fraction of sp³-hybridized carbons (Fsp3) is 0.594. The summed E-state index contributed by atoms with van der Waals surface area (Å²) in [4.78, 5) is 45.9. The van der Waals surface area contributed by atoms with Crippen LogP contribution in [0, 0.1) is 11.8 Å². The number of allylic oxidation sites excluding steroid dienone is 1. The van der Waals surface area contributed by atoms with E-state index in [4.69, 9.17) is 9.47 Å². The van der Waals surface area contributed by atoms with Crippen LogP contribution >= 0.6 is 0 Å². The molecule has 1 aromatic heterocycles. The van der Waals surface area contributed by atoms with Crippen LogP contribution in [0.5, 0.6) is 0 Å². The van der Waals surface area contributed by atoms with E-state index in [0.29, 0.717) is 57.0 Å². The third-order valence-corrected chi connectivity index (χ3v) is 9.41. The number of esters is 1. The Kier molecular flexibility index (Phi) is 9.31. The summed E-state index contributed by atoms with van der Waals surface area (Å²) in [7, 11) is 0. The van der Waals surface area contributed by atoms with Gasteiger partial charge >= 0.3 is 5.97 Å². The highest BCUT2D eigenvalue weighted by Crippen LogP contribution is 2.64. The van der Waals surface area contributed by atoms with Crippen LogP contribution in [0.4, 0.5) is 0 Å². The minimum atomic E-state index is -1.14. The van der Waals surface area contributed by atoms with Crippen molar-refractivity contribution in [1.82, 2.24) is 24.8 Å². The first kappa shape index (κ1) is 30.9. The average Bonchev–Trinajstić information content (AvgIpc) is 3.74. The predicted octanol–water partition coefficient (Wildman–Crippen LogP) is 3.23. The van der Waals surface area contributed by atoms with Crippen LogP contribution in [0.15, 0.2) is 49.6 Å². The number of carbonyl (C=O) groups excluding carboxylic acids is 3. The van der Waals surface area contributed by atoms with Gasteiger partial charge in [-0.15, -0.1) is 18.3 Å². The molecule has 0 saturated carbocycles. The molecule has 5 rings (SSSR count). The first-order valence-electron chi connectivity index (χ1n) is 15.4. The van der Waals surface area contributed by atoms with E-state index in [2.05, 4.69) is 23.5 Å². The maximum atomic E-state index is 14.7. The van der Waals surface area contributed by atoms with Crippen LogP contribution < -0.4 is 0 Å². The number of fused-ring (bicyclic) bond motifs is 2. The van der Waals surface area contributed by atoms with Crippen molar-refractivity contribution in [2.24, 2.45) is 11.8 Å². The molecule has 3 fully saturated rings. The maximum Gasteiger partial charge on any atom is 0.312 e. The SMILES string of the molecule is C=CCCCOC(=O)[C@H]1[C@H]2C(=O)N(CCCCCO)C(C(=O)N(CC=C)Cn3nnc4ccccc43)C23CC[C@]1(CC)O3. The molecule has 2 aromatic rings. The van der Waals surface area contributed by atoms with E-state index >= 15 is 0 Å². The lowest BCUT2D eigenvalue weighted by Gasteiger charge is -2.36. The fourth-order valence-corrected chi connectivity index (χ4v) is 7.39. The zero-order valence-corrected chi connectivity index (χ0v) is 25.0. The maximum absolute atomic E-state index is 14.7. The highest BCUT2D eigenvalue weighted by molar-refractivity contribution is 5.98. The number of rotatable bonds is 16. The summed E-state index contributed by atoms with van der Waals surface area (Å²) in [6.07, 6.45) is 8.31. The summed E-state index contributed by atoms with van der Waals surface area (Å²) in [6, 6.07) is 6.61. The summed E-state index contributed by atoms with van der Waals surface area (Å²) in [5.74, 6) is -2.54. The fourth-order valence-electron chi connectivity index (χ4n) is 7.39. The normalized spacial score (nSPS) is 27.4. The van der Waals surface area contributed by atoms with Crippen LogP contribution in [-0.2, 0) is 30.5 Å². The Morgan fingerprint density at radius 2 is 2.00 bits per heavy atom. The number of likely N-dealkylation sites (tertiary alicyclic amines) is 1. The first-order chi connectivity index (χ1) is 20.9. The predicted molar refractivity (Wildman–Crippen MR) is 159 cm³/mol. The third kappa shape index (κ3) is 5.37. The summed E-state index contributed by atoms with van der Waals surface area (Å²) < 4.78 is 14.2. The lowest BCUT2D eigenvalue weighted by molar-refractivity contribution is -0.162. The van der Waals surface area contributed by atoms with Crippen molar-refractivity contribution >= 4 is 28.8 Å². The first-order valence-corrected chi connectivity index (χ1v) is 15.4. The van der Waals surface area contributed by atoms with Gasteiger partial charge in [-0.2, -0.15) is 0 Å². The molecule has 3 aliphatic heterocycles. The molecule has 0 radical (unpaired) electrons. The monoisotopic (exact) mass is 593 g/mol. The number of nitrogens with zero attached hydrogens (tertiary/aromatic N) is 5. The molecule has 2 bridgehead atoms. The molecule has 43 heavy (non-hydrogen) atoms. The van der Waals surface area contributed by atoms with Crippen molar-refractivity contribution in [2.75, 3.05) is 26.3 Å². The van der Waals surface area contributed by atoms with Gasteiger partial charge in [-0.05, 0) is 63.5 Å².